The first-order valence-electron chi connectivity index (χ1n) is 9.47. The molecule has 2 heterocycles. The average Bonchev–Trinajstić information content (AvgIpc) is 3.08. The second-order valence-corrected chi connectivity index (χ2v) is 7.39. The summed E-state index contributed by atoms with van der Waals surface area (Å²) >= 11 is 0. The van der Waals surface area contributed by atoms with E-state index in [0.29, 0.717) is 5.56 Å². The molecule has 0 aliphatic heterocycles. The number of nitrogens with one attached hydrogen (secondary N) is 1. The molecule has 0 spiro atoms. The average molecular weight is 427 g/mol. The van der Waals surface area contributed by atoms with Crippen LogP contribution in [0.4, 0.5) is 23.4 Å². The molecule has 0 bridgehead atoms. The summed E-state index contributed by atoms with van der Waals surface area (Å²) < 4.78 is 52.9. The van der Waals surface area contributed by atoms with Crippen molar-refractivity contribution >= 4 is 17.8 Å². The molecule has 1 aromatic carbocycles. The van der Waals surface area contributed by atoms with Crippen molar-refractivity contribution in [1.29, 1.82) is 0 Å². The number of nitrogens with zero attached hydrogens (tertiary/aromatic N) is 2. The molecule has 1 amide bonds. The molecule has 4 rings (SSSR count). The van der Waals surface area contributed by atoms with Crippen LogP contribution in [0.25, 0.3) is 17.2 Å². The van der Waals surface area contributed by atoms with Crippen molar-refractivity contribution in [1.82, 2.24) is 9.97 Å². The van der Waals surface area contributed by atoms with Crippen LogP contribution in [0.3, 0.4) is 0 Å². The van der Waals surface area contributed by atoms with Crippen molar-refractivity contribution in [3.63, 3.8) is 0 Å². The standard InChI is InChI=1S/C23H17F4N3O/c1-13-6-16-8-17(12-29-20(16)7-13)14-2-3-15(19(24)9-14)10-22(31)30-21-11-18(4-5-28-21)23(25,26)27/h2-6,8-9,11-12H,7,10H2,1H3,(H,28,30,31). The van der Waals surface area contributed by atoms with Crippen molar-refractivity contribution in [3.8, 4) is 11.1 Å². The molecule has 0 fully saturated rings. The zero-order valence-corrected chi connectivity index (χ0v) is 16.4. The molecule has 0 unspecified atom stereocenters. The number of benzene rings is 1. The number of allylic oxidation sites excluding steroid dienone is 1. The summed E-state index contributed by atoms with van der Waals surface area (Å²) in [4.78, 5) is 20.3. The third kappa shape index (κ3) is 4.63. The molecule has 0 saturated heterocycles. The third-order valence-electron chi connectivity index (χ3n) is 4.94. The summed E-state index contributed by atoms with van der Waals surface area (Å²) in [6, 6.07) is 7.97. The van der Waals surface area contributed by atoms with E-state index in [0.717, 1.165) is 41.6 Å². The number of carbonyl (C=O) groups excluding carboxylic acids is 1. The van der Waals surface area contributed by atoms with E-state index in [2.05, 4.69) is 15.3 Å². The molecule has 1 N–H and O–H groups in total. The Morgan fingerprint density at radius 3 is 2.65 bits per heavy atom. The minimum absolute atomic E-state index is 0.123. The summed E-state index contributed by atoms with van der Waals surface area (Å²) in [5, 5.41) is 2.28. The Bertz CT molecular complexity index is 1200. The molecule has 158 valence electrons. The summed E-state index contributed by atoms with van der Waals surface area (Å²) in [7, 11) is 0. The van der Waals surface area contributed by atoms with Crippen molar-refractivity contribution in [2.75, 3.05) is 5.32 Å². The van der Waals surface area contributed by atoms with Crippen LogP contribution in [0.15, 0.2) is 54.4 Å². The minimum Gasteiger partial charge on any atom is -0.310 e. The van der Waals surface area contributed by atoms with E-state index in [-0.39, 0.29) is 17.8 Å². The van der Waals surface area contributed by atoms with Gasteiger partial charge in [-0.2, -0.15) is 13.2 Å². The highest BCUT2D eigenvalue weighted by Crippen LogP contribution is 2.30. The lowest BCUT2D eigenvalue weighted by Crippen LogP contribution is -2.17. The molecule has 2 aromatic heterocycles. The van der Waals surface area contributed by atoms with Gasteiger partial charge in [-0.25, -0.2) is 9.37 Å². The number of hydrogen-bond acceptors (Lipinski definition) is 3. The first kappa shape index (κ1) is 20.7. The lowest BCUT2D eigenvalue weighted by Gasteiger charge is -2.10. The van der Waals surface area contributed by atoms with Crippen molar-refractivity contribution in [2.24, 2.45) is 0 Å². The number of amides is 1. The van der Waals surface area contributed by atoms with Crippen molar-refractivity contribution < 1.29 is 22.4 Å². The maximum absolute atomic E-state index is 14.6. The molecule has 4 nitrogen and oxygen atoms in total. The van der Waals surface area contributed by atoms with E-state index in [9.17, 15) is 22.4 Å². The first-order valence-corrected chi connectivity index (χ1v) is 9.47. The van der Waals surface area contributed by atoms with Gasteiger partial charge in [0.1, 0.15) is 11.6 Å². The van der Waals surface area contributed by atoms with Crippen LogP contribution in [-0.2, 0) is 23.8 Å². The van der Waals surface area contributed by atoms with Gasteiger partial charge in [-0.15, -0.1) is 0 Å². The predicted octanol–water partition coefficient (Wildman–Crippen LogP) is 5.44. The maximum atomic E-state index is 14.6. The molecule has 0 atom stereocenters. The first-order chi connectivity index (χ1) is 14.7. The summed E-state index contributed by atoms with van der Waals surface area (Å²) in [6.07, 6.45) is 0.599. The zero-order chi connectivity index (χ0) is 22.2. The number of hydrogen-bond donors (Lipinski definition) is 1. The van der Waals surface area contributed by atoms with Crippen LogP contribution in [0.1, 0.15) is 29.3 Å². The normalized spacial score (nSPS) is 13.0. The maximum Gasteiger partial charge on any atom is 0.416 e. The number of carbonyl (C=O) groups is 1. The van der Waals surface area contributed by atoms with Crippen LogP contribution in [0, 0.1) is 5.82 Å². The fraction of sp³-hybridized carbons (Fsp3) is 0.174. The van der Waals surface area contributed by atoms with Gasteiger partial charge in [0, 0.05) is 24.4 Å². The molecular weight excluding hydrogens is 410 g/mol. The van der Waals surface area contributed by atoms with E-state index in [1.165, 1.54) is 17.7 Å². The summed E-state index contributed by atoms with van der Waals surface area (Å²) in [5.74, 6) is -1.50. The molecule has 8 heteroatoms. The van der Waals surface area contributed by atoms with Gasteiger partial charge in [0.15, 0.2) is 0 Å². The van der Waals surface area contributed by atoms with Gasteiger partial charge >= 0.3 is 6.18 Å². The monoisotopic (exact) mass is 427 g/mol. The second kappa shape index (κ2) is 7.94. The van der Waals surface area contributed by atoms with Crippen LogP contribution >= 0.6 is 0 Å². The van der Waals surface area contributed by atoms with Crippen LogP contribution < -0.4 is 5.32 Å². The van der Waals surface area contributed by atoms with Gasteiger partial charge in [0.2, 0.25) is 5.91 Å². The Balaban J connectivity index is 1.48. The Hall–Kier alpha value is -3.55. The van der Waals surface area contributed by atoms with Crippen LogP contribution in [0.5, 0.6) is 0 Å². The number of fused-ring (bicyclic) bond motifs is 1. The lowest BCUT2D eigenvalue weighted by molar-refractivity contribution is -0.137. The number of halogens is 4. The Kier molecular flexibility index (Phi) is 5.31. The highest BCUT2D eigenvalue weighted by atomic mass is 19.4. The molecule has 0 saturated carbocycles. The molecule has 31 heavy (non-hydrogen) atoms. The lowest BCUT2D eigenvalue weighted by atomic mass is 10.0. The number of pyridine rings is 2. The predicted molar refractivity (Wildman–Crippen MR) is 109 cm³/mol. The van der Waals surface area contributed by atoms with E-state index in [1.807, 2.05) is 19.1 Å². The number of aromatic nitrogens is 2. The van der Waals surface area contributed by atoms with Crippen LogP contribution in [0.2, 0.25) is 0 Å². The molecule has 0 radical (unpaired) electrons. The van der Waals surface area contributed by atoms with Gasteiger partial charge in [-0.1, -0.05) is 23.8 Å². The van der Waals surface area contributed by atoms with E-state index in [4.69, 9.17) is 0 Å². The largest absolute Gasteiger partial charge is 0.416 e. The number of rotatable bonds is 4. The molecule has 3 aromatic rings. The van der Waals surface area contributed by atoms with Gasteiger partial charge < -0.3 is 5.32 Å². The van der Waals surface area contributed by atoms with Crippen molar-refractivity contribution in [3.05, 3.63) is 82.6 Å². The van der Waals surface area contributed by atoms with Gasteiger partial charge in [-0.3, -0.25) is 9.78 Å². The fourth-order valence-corrected chi connectivity index (χ4v) is 3.43. The minimum atomic E-state index is -4.55. The van der Waals surface area contributed by atoms with E-state index < -0.39 is 23.5 Å². The van der Waals surface area contributed by atoms with E-state index >= 15 is 0 Å². The number of alkyl halides is 3. The van der Waals surface area contributed by atoms with Crippen molar-refractivity contribution in [2.45, 2.75) is 25.9 Å². The third-order valence-corrected chi connectivity index (χ3v) is 4.94. The van der Waals surface area contributed by atoms with E-state index in [1.54, 1.807) is 12.3 Å². The molecular formula is C23H17F4N3O. The van der Waals surface area contributed by atoms with Crippen LogP contribution in [-0.4, -0.2) is 15.9 Å². The highest BCUT2D eigenvalue weighted by molar-refractivity contribution is 5.91. The Morgan fingerprint density at radius 2 is 1.90 bits per heavy atom. The SMILES string of the molecule is CC1=Cc2cc(-c3ccc(CC(=O)Nc4cc(C(F)(F)F)ccn4)c(F)c3)cnc2C1. The molecule has 1 aliphatic carbocycles. The zero-order valence-electron chi connectivity index (χ0n) is 16.4. The van der Waals surface area contributed by atoms with Gasteiger partial charge in [0.05, 0.1) is 17.7 Å². The van der Waals surface area contributed by atoms with Gasteiger partial charge in [-0.05, 0) is 47.9 Å². The molecule has 1 aliphatic rings. The summed E-state index contributed by atoms with van der Waals surface area (Å²) in [5.41, 5.74) is 3.77. The Labute approximate surface area is 175 Å². The topological polar surface area (TPSA) is 54.9 Å². The smallest absolute Gasteiger partial charge is 0.310 e. The fourth-order valence-electron chi connectivity index (χ4n) is 3.43. The number of anilines is 1. The second-order valence-electron chi connectivity index (χ2n) is 7.39. The quantitative estimate of drug-likeness (QED) is 0.564. The highest BCUT2D eigenvalue weighted by Gasteiger charge is 2.30. The Morgan fingerprint density at radius 1 is 1.10 bits per heavy atom. The van der Waals surface area contributed by atoms with Gasteiger partial charge in [0.25, 0.3) is 0 Å². The summed E-state index contributed by atoms with van der Waals surface area (Å²) in [6.45, 7) is 2.02.